The van der Waals surface area contributed by atoms with Crippen LogP contribution >= 0.6 is 0 Å². The van der Waals surface area contributed by atoms with Crippen LogP contribution in [0.2, 0.25) is 0 Å². The van der Waals surface area contributed by atoms with Crippen molar-refractivity contribution in [3.8, 4) is 23.1 Å². The van der Waals surface area contributed by atoms with Crippen LogP contribution in [0.4, 0.5) is 57.1 Å². The lowest BCUT2D eigenvalue weighted by Gasteiger charge is -2.34. The van der Waals surface area contributed by atoms with Crippen LogP contribution in [0.5, 0.6) is 5.75 Å². The number of piperidine rings is 1. The zero-order valence-corrected chi connectivity index (χ0v) is 33.9. The predicted molar refractivity (Wildman–Crippen MR) is 200 cm³/mol. The number of aromatic amines is 1. The van der Waals surface area contributed by atoms with E-state index >= 15 is 0 Å². The maximum atomic E-state index is 14.3. The van der Waals surface area contributed by atoms with Crippen LogP contribution in [0.15, 0.2) is 49.2 Å². The Labute approximate surface area is 368 Å². The summed E-state index contributed by atoms with van der Waals surface area (Å²) in [7, 11) is 0. The van der Waals surface area contributed by atoms with Crippen molar-refractivity contribution in [1.82, 2.24) is 34.5 Å². The average molecular weight is 985 g/mol. The number of benzene rings is 1. The number of nitrogens with one attached hydrogen (secondary N) is 1. The minimum Gasteiger partial charge on any atom is -0.490 e. The van der Waals surface area contributed by atoms with E-state index in [0.717, 1.165) is 80.0 Å². The molecular formula is C37H37F13N8O9. The molecule has 17 nitrogen and oxygen atoms in total. The third kappa shape index (κ3) is 20.1. The third-order valence-electron chi connectivity index (χ3n) is 8.74. The number of carboxylic acid groups (broad SMARTS) is 4. The minimum absolute atomic E-state index is 0.0509. The largest absolute Gasteiger partial charge is 0.490 e. The zero-order chi connectivity index (χ0) is 50.9. The molecule has 0 amide bonds. The van der Waals surface area contributed by atoms with Gasteiger partial charge in [-0.05, 0) is 62.5 Å². The lowest BCUT2D eigenvalue weighted by Crippen LogP contribution is -2.41. The molecule has 0 bridgehead atoms. The first kappa shape index (κ1) is 56.4. The number of H-pyrrole nitrogens is 1. The smallest absolute Gasteiger partial charge is 0.490 e. The number of aliphatic carboxylic acids is 4. The third-order valence-corrected chi connectivity index (χ3v) is 8.74. The summed E-state index contributed by atoms with van der Waals surface area (Å²) < 4.78 is 149. The number of carbonyl (C=O) groups is 4. The summed E-state index contributed by atoms with van der Waals surface area (Å²) in [6.45, 7) is 5.36. The van der Waals surface area contributed by atoms with Crippen molar-refractivity contribution >= 4 is 34.9 Å². The van der Waals surface area contributed by atoms with Crippen LogP contribution in [-0.4, -0.2) is 142 Å². The average Bonchev–Trinajstić information content (AvgIpc) is 4.01. The number of nitriles is 1. The van der Waals surface area contributed by atoms with Gasteiger partial charge in [0, 0.05) is 55.6 Å². The second-order valence-electron chi connectivity index (χ2n) is 13.8. The van der Waals surface area contributed by atoms with Crippen LogP contribution in [0.25, 0.3) is 22.3 Å². The molecule has 2 saturated heterocycles. The number of fused-ring (bicyclic) bond motifs is 1. The van der Waals surface area contributed by atoms with Gasteiger partial charge in [0.15, 0.2) is 0 Å². The fourth-order valence-corrected chi connectivity index (χ4v) is 5.79. The molecule has 67 heavy (non-hydrogen) atoms. The molecule has 370 valence electrons. The summed E-state index contributed by atoms with van der Waals surface area (Å²) in [6, 6.07) is 9.32. The summed E-state index contributed by atoms with van der Waals surface area (Å²) in [6.07, 6.45) is -8.61. The standard InChI is InChI=1S/C29H33FN8O.4C2HF3O2/c30-23-13-21(17-36-9-1-2-10-36)14-26(15-23)39-25-5-11-37(12-6-25)19-24(3-7-31)38-18-22(16-35-38)28-27-4-8-32-29(27)34-20-33-28;4*3-2(4,5)1(6)7/h4,8,13-16,18,20,24-25H,1-3,5-6,9-12,17,19H2,(H,32,33,34);4*(H,6,7). The number of hydrogen-bond acceptors (Lipinski definition) is 11. The number of rotatable bonds is 9. The van der Waals surface area contributed by atoms with Gasteiger partial charge in [0.1, 0.15) is 29.6 Å². The molecule has 1 aromatic carbocycles. The minimum atomic E-state index is -5.08. The van der Waals surface area contributed by atoms with E-state index in [2.05, 4.69) is 35.9 Å². The molecule has 6 rings (SSSR count). The molecule has 3 aromatic heterocycles. The lowest BCUT2D eigenvalue weighted by atomic mass is 10.1. The van der Waals surface area contributed by atoms with Crippen LogP contribution in [0.1, 0.15) is 43.7 Å². The Balaban J connectivity index is 0.000000447. The maximum Gasteiger partial charge on any atom is 0.490 e. The van der Waals surface area contributed by atoms with Crippen LogP contribution in [0.3, 0.4) is 0 Å². The molecule has 0 spiro atoms. The van der Waals surface area contributed by atoms with Gasteiger partial charge >= 0.3 is 48.6 Å². The molecule has 2 aliphatic rings. The molecule has 0 aliphatic carbocycles. The molecule has 1 unspecified atom stereocenters. The predicted octanol–water partition coefficient (Wildman–Crippen LogP) is 7.09. The SMILES string of the molecule is N#CCC(CN1CCC(Oc2cc(F)cc(CN3CCCC3)c2)CC1)n1cc(-c2ncnc3[nH]ccc23)cn1.O=C(O)C(F)(F)F.O=C(O)C(F)(F)F.O=C(O)C(F)(F)F.O=C(O)C(F)(F)F. The van der Waals surface area contributed by atoms with Gasteiger partial charge in [-0.15, -0.1) is 0 Å². The van der Waals surface area contributed by atoms with Crippen molar-refractivity contribution in [2.24, 2.45) is 0 Å². The van der Waals surface area contributed by atoms with Crippen molar-refractivity contribution in [2.75, 3.05) is 32.7 Å². The van der Waals surface area contributed by atoms with Crippen molar-refractivity contribution in [3.05, 3.63) is 60.6 Å². The molecule has 4 aromatic rings. The molecule has 5 N–H and O–H groups in total. The normalized spacial score (nSPS) is 15.2. The Morgan fingerprint density at radius 3 is 1.76 bits per heavy atom. The topological polar surface area (TPSA) is 248 Å². The van der Waals surface area contributed by atoms with Gasteiger partial charge in [-0.2, -0.15) is 63.0 Å². The summed E-state index contributed by atoms with van der Waals surface area (Å²) in [5, 5.41) is 43.6. The van der Waals surface area contributed by atoms with E-state index in [1.165, 1.54) is 18.9 Å². The molecule has 1 atom stereocenters. The number of nitrogens with zero attached hydrogens (tertiary/aromatic N) is 7. The monoisotopic (exact) mass is 984 g/mol. The van der Waals surface area contributed by atoms with Gasteiger partial charge in [-0.25, -0.2) is 33.5 Å². The number of alkyl halides is 12. The highest BCUT2D eigenvalue weighted by molar-refractivity contribution is 5.90. The number of hydrogen-bond donors (Lipinski definition) is 5. The second-order valence-corrected chi connectivity index (χ2v) is 13.8. The highest BCUT2D eigenvalue weighted by Crippen LogP contribution is 2.28. The van der Waals surface area contributed by atoms with E-state index in [4.69, 9.17) is 44.3 Å². The Kier molecular flexibility index (Phi) is 20.8. The number of ether oxygens (including phenoxy) is 1. The van der Waals surface area contributed by atoms with E-state index in [-0.39, 0.29) is 18.0 Å². The first-order chi connectivity index (χ1) is 30.9. The van der Waals surface area contributed by atoms with Gasteiger partial charge < -0.3 is 35.0 Å². The van der Waals surface area contributed by atoms with Crippen molar-refractivity contribution < 1.29 is 101 Å². The molecule has 0 radical (unpaired) electrons. The molecule has 5 heterocycles. The molecule has 2 fully saturated rings. The fourth-order valence-electron chi connectivity index (χ4n) is 5.79. The van der Waals surface area contributed by atoms with E-state index < -0.39 is 48.6 Å². The van der Waals surface area contributed by atoms with Crippen molar-refractivity contribution in [2.45, 2.75) is 75.5 Å². The van der Waals surface area contributed by atoms with Gasteiger partial charge in [0.05, 0.1) is 30.4 Å². The first-order valence-electron chi connectivity index (χ1n) is 18.7. The summed E-state index contributed by atoms with van der Waals surface area (Å²) in [4.78, 5) is 52.2. The van der Waals surface area contributed by atoms with Crippen molar-refractivity contribution in [3.63, 3.8) is 0 Å². The fraction of sp³-hybridized carbons (Fsp3) is 0.459. The highest BCUT2D eigenvalue weighted by atomic mass is 19.4. The van der Waals surface area contributed by atoms with E-state index in [9.17, 15) is 62.3 Å². The van der Waals surface area contributed by atoms with Crippen LogP contribution in [-0.2, 0) is 25.7 Å². The summed E-state index contributed by atoms with van der Waals surface area (Å²) in [5.74, 6) is -10.6. The number of aromatic nitrogens is 5. The lowest BCUT2D eigenvalue weighted by molar-refractivity contribution is -0.193. The Morgan fingerprint density at radius 1 is 0.776 bits per heavy atom. The van der Waals surface area contributed by atoms with E-state index in [0.29, 0.717) is 12.2 Å². The Morgan fingerprint density at radius 2 is 1.28 bits per heavy atom. The zero-order valence-electron chi connectivity index (χ0n) is 33.9. The van der Waals surface area contributed by atoms with Crippen LogP contribution < -0.4 is 4.74 Å². The van der Waals surface area contributed by atoms with E-state index in [1.807, 2.05) is 29.2 Å². The Bertz CT molecular complexity index is 2180. The Hall–Kier alpha value is -6.77. The first-order valence-corrected chi connectivity index (χ1v) is 18.7. The molecule has 0 saturated carbocycles. The summed E-state index contributed by atoms with van der Waals surface area (Å²) in [5.41, 5.74) is 3.48. The molecule has 30 heteroatoms. The van der Waals surface area contributed by atoms with Crippen LogP contribution in [0, 0.1) is 17.1 Å². The molecule has 2 aliphatic heterocycles. The van der Waals surface area contributed by atoms with Gasteiger partial charge in [-0.1, -0.05) is 0 Å². The highest BCUT2D eigenvalue weighted by Gasteiger charge is 2.40. The van der Waals surface area contributed by atoms with Crippen molar-refractivity contribution in [1.29, 1.82) is 5.26 Å². The summed E-state index contributed by atoms with van der Waals surface area (Å²) >= 11 is 0. The molecular weight excluding hydrogens is 947 g/mol. The number of halogens is 13. The second kappa shape index (κ2) is 24.7. The van der Waals surface area contributed by atoms with Gasteiger partial charge in [0.2, 0.25) is 0 Å². The number of carboxylic acids is 4. The number of likely N-dealkylation sites (tertiary alicyclic amines) is 2. The quantitative estimate of drug-likeness (QED) is 0.105. The van der Waals surface area contributed by atoms with E-state index in [1.54, 1.807) is 18.6 Å². The maximum absolute atomic E-state index is 14.3. The van der Waals surface area contributed by atoms with Gasteiger partial charge in [-0.3, -0.25) is 9.58 Å². The van der Waals surface area contributed by atoms with Gasteiger partial charge in [0.25, 0.3) is 0 Å².